The van der Waals surface area contributed by atoms with Gasteiger partial charge in [-0.05, 0) is 91.1 Å². The monoisotopic (exact) mass is 1120 g/mol. The molecule has 1 aliphatic carbocycles. The molecule has 0 radical (unpaired) electrons. The van der Waals surface area contributed by atoms with Crippen LogP contribution < -0.4 is 30.9 Å². The molecule has 16 nitrogen and oxygen atoms in total. The molecular weight excluding hydrogens is 1050 g/mol. The number of rotatable bonds is 23. The molecule has 3 heterocycles. The van der Waals surface area contributed by atoms with Crippen molar-refractivity contribution in [2.45, 2.75) is 95.0 Å². The molecule has 1 saturated carbocycles. The van der Waals surface area contributed by atoms with Crippen molar-refractivity contribution >= 4 is 52.5 Å². The highest BCUT2D eigenvalue weighted by Crippen LogP contribution is 2.53. The Morgan fingerprint density at radius 1 is 0.924 bits per heavy atom. The van der Waals surface area contributed by atoms with E-state index >= 15 is 8.78 Å². The van der Waals surface area contributed by atoms with Crippen molar-refractivity contribution in [2.75, 3.05) is 76.3 Å². The van der Waals surface area contributed by atoms with E-state index in [4.69, 9.17) is 52.2 Å². The number of nitriles is 1. The number of hydrogen-bond donors (Lipinski definition) is 4. The highest BCUT2D eigenvalue weighted by molar-refractivity contribution is 6.31. The second-order valence-corrected chi connectivity index (χ2v) is 22.1. The number of anilines is 3. The van der Waals surface area contributed by atoms with Crippen LogP contribution in [-0.4, -0.2) is 117 Å². The smallest absolute Gasteiger partial charge is 0.251 e. The Morgan fingerprint density at radius 3 is 2.38 bits per heavy atom. The van der Waals surface area contributed by atoms with E-state index < -0.39 is 52.3 Å². The van der Waals surface area contributed by atoms with Crippen molar-refractivity contribution in [3.05, 3.63) is 147 Å². The Morgan fingerprint density at radius 2 is 1.67 bits per heavy atom. The number of nitrogens with one attached hydrogen (secondary N) is 4. The van der Waals surface area contributed by atoms with Crippen LogP contribution in [-0.2, 0) is 31.0 Å². The number of carbonyl (C=O) groups excluding carboxylic acids is 2. The Hall–Kier alpha value is -6.72. The van der Waals surface area contributed by atoms with Crippen molar-refractivity contribution in [1.82, 2.24) is 30.4 Å². The van der Waals surface area contributed by atoms with Crippen molar-refractivity contribution < 1.29 is 37.3 Å². The van der Waals surface area contributed by atoms with E-state index in [-0.39, 0.29) is 69.9 Å². The Kier molecular flexibility index (Phi) is 19.6. The molecule has 4 atom stereocenters. The maximum atomic E-state index is 16.2. The molecular formula is C59H68Cl2F2N10O6. The summed E-state index contributed by atoms with van der Waals surface area (Å²) in [5, 5.41) is 28.3. The van der Waals surface area contributed by atoms with Gasteiger partial charge in [-0.15, -0.1) is 0 Å². The Bertz CT molecular complexity index is 3090. The average molecular weight is 1120 g/mol. The first kappa shape index (κ1) is 58.4. The first-order valence-electron chi connectivity index (χ1n) is 26.5. The van der Waals surface area contributed by atoms with Gasteiger partial charge in [0.2, 0.25) is 11.9 Å². The van der Waals surface area contributed by atoms with Gasteiger partial charge in [-0.1, -0.05) is 92.5 Å². The summed E-state index contributed by atoms with van der Waals surface area (Å²) in [4.78, 5) is 39.5. The van der Waals surface area contributed by atoms with Gasteiger partial charge in [0.25, 0.3) is 5.91 Å². The van der Waals surface area contributed by atoms with Gasteiger partial charge in [-0.2, -0.15) is 10.4 Å². The third kappa shape index (κ3) is 14.2. The number of carbonyl (C=O) groups is 2. The number of ether oxygens (including phenoxy) is 4. The molecule has 0 bridgehead atoms. The summed E-state index contributed by atoms with van der Waals surface area (Å²) in [7, 11) is 5.43. The lowest BCUT2D eigenvalue weighted by atomic mass is 9.62. The summed E-state index contributed by atoms with van der Waals surface area (Å²) in [6.07, 6.45) is 7.71. The summed E-state index contributed by atoms with van der Waals surface area (Å²) in [6.45, 7) is 8.45. The van der Waals surface area contributed by atoms with Gasteiger partial charge in [-0.25, -0.2) is 23.4 Å². The van der Waals surface area contributed by atoms with E-state index in [2.05, 4.69) is 49.4 Å². The molecule has 79 heavy (non-hydrogen) atoms. The first-order valence-corrected chi connectivity index (χ1v) is 27.2. The van der Waals surface area contributed by atoms with Crippen molar-refractivity contribution in [3.63, 3.8) is 0 Å². The van der Waals surface area contributed by atoms with Gasteiger partial charge in [0.15, 0.2) is 0 Å². The van der Waals surface area contributed by atoms with Gasteiger partial charge in [0.1, 0.15) is 28.6 Å². The van der Waals surface area contributed by atoms with E-state index in [9.17, 15) is 14.9 Å². The number of hydrogen-bond acceptors (Lipinski definition) is 13. The average Bonchev–Trinajstić information content (AvgIpc) is 3.51. The minimum Gasteiger partial charge on any atom is -0.495 e. The zero-order chi connectivity index (χ0) is 56.3. The van der Waals surface area contributed by atoms with Gasteiger partial charge >= 0.3 is 0 Å². The molecule has 0 spiro atoms. The lowest BCUT2D eigenvalue weighted by Crippen LogP contribution is -2.45. The number of aromatic nitrogens is 4. The van der Waals surface area contributed by atoms with E-state index in [1.165, 1.54) is 55.1 Å². The first-order chi connectivity index (χ1) is 38.0. The molecule has 6 aromatic rings. The van der Waals surface area contributed by atoms with Crippen LogP contribution in [0, 0.1) is 28.4 Å². The predicted octanol–water partition coefficient (Wildman–Crippen LogP) is 10.2. The maximum absolute atomic E-state index is 16.2. The second-order valence-electron chi connectivity index (χ2n) is 21.2. The molecule has 2 aliphatic rings. The third-order valence-electron chi connectivity index (χ3n) is 14.3. The van der Waals surface area contributed by atoms with Crippen LogP contribution in [0.1, 0.15) is 85.8 Å². The van der Waals surface area contributed by atoms with Crippen LogP contribution in [0.2, 0.25) is 10.0 Å². The van der Waals surface area contributed by atoms with E-state index in [1.54, 1.807) is 12.3 Å². The van der Waals surface area contributed by atoms with E-state index in [0.29, 0.717) is 38.9 Å². The molecule has 8 rings (SSSR count). The fourth-order valence-electron chi connectivity index (χ4n) is 10.7. The van der Waals surface area contributed by atoms with Crippen molar-refractivity contribution in [1.29, 1.82) is 5.26 Å². The third-order valence-corrected chi connectivity index (χ3v) is 14.8. The summed E-state index contributed by atoms with van der Waals surface area (Å²) in [5.74, 6) is -2.25. The fraction of sp³-hybridized carbons (Fsp3) is 0.424. The molecule has 1 aliphatic heterocycles. The molecule has 2 aromatic heterocycles. The summed E-state index contributed by atoms with van der Waals surface area (Å²) in [5.41, 5.74) is 0.892. The maximum Gasteiger partial charge on any atom is 0.251 e. The molecule has 4 N–H and O–H groups in total. The summed E-state index contributed by atoms with van der Waals surface area (Å²) in [6, 6.07) is 25.4. The number of methoxy groups -OCH3 is 1. The largest absolute Gasteiger partial charge is 0.495 e. The Labute approximate surface area is 470 Å². The number of benzene rings is 4. The predicted molar refractivity (Wildman–Crippen MR) is 302 cm³/mol. The Balaban J connectivity index is 0.776. The van der Waals surface area contributed by atoms with E-state index in [1.807, 2.05) is 70.0 Å². The van der Waals surface area contributed by atoms with Gasteiger partial charge < -0.3 is 45.1 Å². The van der Waals surface area contributed by atoms with Crippen LogP contribution in [0.25, 0.3) is 11.3 Å². The SMILES string of the molecule is COc1ccc(C(=O)NCCOCCOCCO[C@H]2CC[C@H](Nc3nccc(-c4cnn(Cc5ccccc5)c4N(C)C)n3)CC2)cc1NC(=O)[C@@H]1NC(CC(C)(C)C)[C@](C#N)(c2ccc(Cl)cc2F)[C@H]1c1cccc(Cl)c1F. The highest BCUT2D eigenvalue weighted by atomic mass is 35.5. The van der Waals surface area contributed by atoms with Crippen LogP contribution in [0.5, 0.6) is 5.75 Å². The molecule has 1 saturated heterocycles. The van der Waals surface area contributed by atoms with Crippen molar-refractivity contribution in [2.24, 2.45) is 5.41 Å². The van der Waals surface area contributed by atoms with E-state index in [0.717, 1.165) is 48.8 Å². The molecule has 1 unspecified atom stereocenters. The van der Waals surface area contributed by atoms with Crippen LogP contribution >= 0.6 is 23.2 Å². The van der Waals surface area contributed by atoms with Gasteiger partial charge in [0, 0.05) is 61.0 Å². The van der Waals surface area contributed by atoms with Crippen LogP contribution in [0.4, 0.5) is 26.2 Å². The number of amides is 2. The molecule has 2 fully saturated rings. The standard InChI is InChI=1S/C59H68Cl2F2N10O6/c1-58(2,3)33-50-59(36-64,44-21-16-39(60)32-46(44)62)51(42-13-10-14-45(61)52(42)63)53(71-50)55(75)69-48-31-38(15-22-49(48)76-6)54(74)65-25-26-77-27-28-78-29-30-79-41-19-17-40(18-20-41)68-57-66-24-23-47(70-57)43-34-67-73(56(43)72(4)5)35-37-11-8-7-9-12-37/h7-16,21-24,31-32,34,40-41,50-51,53,71H,17-20,25-30,33,35H2,1-6H3,(H,65,74)(H,69,75)(H,66,68,70)/t40-,41-,50?,51-,53+,59-/m0/s1. The fourth-order valence-corrected chi connectivity index (χ4v) is 11.0. The normalized spacial score (nSPS) is 20.1. The van der Waals surface area contributed by atoms with Gasteiger partial charge in [0.05, 0.1) is 93.1 Å². The van der Waals surface area contributed by atoms with Crippen LogP contribution in [0.3, 0.4) is 0 Å². The zero-order valence-corrected chi connectivity index (χ0v) is 46.8. The summed E-state index contributed by atoms with van der Waals surface area (Å²) < 4.78 is 57.5. The molecule has 20 heteroatoms. The minimum absolute atomic E-state index is 0.0487. The second kappa shape index (κ2) is 26.5. The van der Waals surface area contributed by atoms with Gasteiger partial charge in [-0.3, -0.25) is 9.59 Å². The quantitative estimate of drug-likeness (QED) is 0.0444. The molecule has 418 valence electrons. The molecule has 4 aromatic carbocycles. The lowest BCUT2D eigenvalue weighted by Gasteiger charge is -2.37. The van der Waals surface area contributed by atoms with Crippen molar-refractivity contribution in [3.8, 4) is 23.1 Å². The number of halogens is 4. The topological polar surface area (TPSA) is 190 Å². The highest BCUT2D eigenvalue weighted by Gasteiger charge is 2.61. The number of nitrogens with zero attached hydrogens (tertiary/aromatic N) is 6. The summed E-state index contributed by atoms with van der Waals surface area (Å²) >= 11 is 12.5. The molecule has 2 amide bonds. The zero-order valence-electron chi connectivity index (χ0n) is 45.3. The van der Waals surface area contributed by atoms with Crippen LogP contribution in [0.15, 0.2) is 103 Å². The minimum atomic E-state index is -1.83. The lowest BCUT2D eigenvalue weighted by molar-refractivity contribution is -0.118.